The van der Waals surface area contributed by atoms with Crippen molar-refractivity contribution in [1.82, 2.24) is 15.2 Å². The fourth-order valence-corrected chi connectivity index (χ4v) is 3.12. The topological polar surface area (TPSA) is 28.2 Å². The van der Waals surface area contributed by atoms with Crippen molar-refractivity contribution in [3.8, 4) is 0 Å². The normalized spacial score (nSPS) is 25.3. The van der Waals surface area contributed by atoms with Gasteiger partial charge in [-0.2, -0.15) is 0 Å². The van der Waals surface area contributed by atoms with Gasteiger partial charge in [-0.25, -0.2) is 0 Å². The fraction of sp³-hybridized carbons (Fsp3) is 0.667. The van der Waals surface area contributed by atoms with Gasteiger partial charge >= 0.3 is 0 Å². The molecular weight excluding hydrogens is 222 g/mol. The molecule has 1 saturated heterocycles. The first-order chi connectivity index (χ1) is 8.76. The van der Waals surface area contributed by atoms with E-state index in [-0.39, 0.29) is 0 Å². The summed E-state index contributed by atoms with van der Waals surface area (Å²) in [5.74, 6) is 0.702. The van der Waals surface area contributed by atoms with Gasteiger partial charge in [0.1, 0.15) is 0 Å². The molecule has 0 radical (unpaired) electrons. The molecule has 0 bridgehead atoms. The molecule has 0 aliphatic carbocycles. The number of aromatic nitrogens is 1. The second kappa shape index (κ2) is 6.30. The lowest BCUT2D eigenvalue weighted by Gasteiger charge is -2.41. The molecule has 3 nitrogen and oxygen atoms in total. The molecule has 0 spiro atoms. The Balaban J connectivity index is 2.24. The second-order valence-electron chi connectivity index (χ2n) is 5.27. The minimum absolute atomic E-state index is 0.532. The lowest BCUT2D eigenvalue weighted by molar-refractivity contribution is 0.0979. The van der Waals surface area contributed by atoms with Crippen molar-refractivity contribution in [2.45, 2.75) is 32.7 Å². The van der Waals surface area contributed by atoms with E-state index >= 15 is 0 Å². The molecule has 1 aromatic heterocycles. The highest BCUT2D eigenvalue weighted by atomic mass is 15.2. The molecule has 1 aliphatic heterocycles. The Hall–Kier alpha value is -0.930. The third kappa shape index (κ3) is 2.90. The maximum atomic E-state index is 4.47. The van der Waals surface area contributed by atoms with E-state index in [2.05, 4.69) is 47.5 Å². The van der Waals surface area contributed by atoms with Crippen LogP contribution in [0.15, 0.2) is 18.3 Å². The Morgan fingerprint density at radius 2 is 2.28 bits per heavy atom. The maximum Gasteiger partial charge on any atom is 0.0403 e. The Bertz CT molecular complexity index is 359. The molecule has 0 saturated carbocycles. The summed E-state index contributed by atoms with van der Waals surface area (Å²) in [6.07, 6.45) is 4.70. The molecule has 18 heavy (non-hydrogen) atoms. The van der Waals surface area contributed by atoms with E-state index in [0.29, 0.717) is 12.0 Å². The van der Waals surface area contributed by atoms with Crippen LogP contribution in [0.25, 0.3) is 0 Å². The van der Waals surface area contributed by atoms with Crippen LogP contribution in [0.3, 0.4) is 0 Å². The van der Waals surface area contributed by atoms with E-state index in [9.17, 15) is 0 Å². The monoisotopic (exact) mass is 247 g/mol. The third-order valence-corrected chi connectivity index (χ3v) is 4.01. The smallest absolute Gasteiger partial charge is 0.0403 e. The molecular formula is C15H25N3. The molecule has 0 amide bonds. The molecule has 2 rings (SSSR count). The molecule has 1 N–H and O–H groups in total. The van der Waals surface area contributed by atoms with Gasteiger partial charge in [0.15, 0.2) is 0 Å². The summed E-state index contributed by atoms with van der Waals surface area (Å²) in [6.45, 7) is 7.74. The van der Waals surface area contributed by atoms with Gasteiger partial charge in [0.05, 0.1) is 0 Å². The third-order valence-electron chi connectivity index (χ3n) is 4.01. The Kier molecular flexibility index (Phi) is 4.72. The van der Waals surface area contributed by atoms with Crippen LogP contribution in [0.5, 0.6) is 0 Å². The van der Waals surface area contributed by atoms with Crippen molar-refractivity contribution in [1.29, 1.82) is 0 Å². The minimum atomic E-state index is 0.532. The van der Waals surface area contributed by atoms with Crippen molar-refractivity contribution < 1.29 is 0 Å². The zero-order valence-corrected chi connectivity index (χ0v) is 11.8. The van der Waals surface area contributed by atoms with Crippen LogP contribution >= 0.6 is 0 Å². The van der Waals surface area contributed by atoms with E-state index in [0.717, 1.165) is 18.8 Å². The number of likely N-dealkylation sites (tertiary alicyclic amines) is 1. The summed E-state index contributed by atoms with van der Waals surface area (Å²) in [6, 6.07) is 4.92. The molecule has 3 heteroatoms. The number of nitrogens with one attached hydrogen (secondary N) is 1. The van der Waals surface area contributed by atoms with Crippen LogP contribution < -0.4 is 5.32 Å². The molecule has 2 atom stereocenters. The summed E-state index contributed by atoms with van der Waals surface area (Å²) < 4.78 is 0. The van der Waals surface area contributed by atoms with E-state index in [1.165, 1.54) is 24.9 Å². The number of pyridine rings is 1. The highest BCUT2D eigenvalue weighted by Gasteiger charge is 2.31. The lowest BCUT2D eigenvalue weighted by atomic mass is 9.85. The van der Waals surface area contributed by atoms with Gasteiger partial charge in [0.2, 0.25) is 0 Å². The number of nitrogens with zero attached hydrogens (tertiary/aromatic N) is 2. The van der Waals surface area contributed by atoms with Crippen molar-refractivity contribution in [3.63, 3.8) is 0 Å². The van der Waals surface area contributed by atoms with E-state index in [1.807, 2.05) is 6.92 Å². The average molecular weight is 247 g/mol. The Morgan fingerprint density at radius 1 is 1.44 bits per heavy atom. The average Bonchev–Trinajstić information content (AvgIpc) is 2.40. The van der Waals surface area contributed by atoms with E-state index in [4.69, 9.17) is 0 Å². The van der Waals surface area contributed by atoms with Crippen molar-refractivity contribution in [2.75, 3.05) is 26.7 Å². The molecule has 1 aliphatic rings. The Labute approximate surface area is 111 Å². The first-order valence-corrected chi connectivity index (χ1v) is 7.07. The van der Waals surface area contributed by atoms with Crippen LogP contribution in [-0.4, -0.2) is 36.6 Å². The van der Waals surface area contributed by atoms with Gasteiger partial charge in [-0.05, 0) is 64.0 Å². The summed E-state index contributed by atoms with van der Waals surface area (Å²) in [4.78, 5) is 7.07. The molecule has 2 unspecified atom stereocenters. The SMILES string of the molecule is CCN1CCCC(CNC)C1c1ccc(C)nc1. The second-order valence-corrected chi connectivity index (χ2v) is 5.27. The molecule has 1 aromatic rings. The van der Waals surface area contributed by atoms with E-state index in [1.54, 1.807) is 0 Å². The summed E-state index contributed by atoms with van der Waals surface area (Å²) in [5, 5.41) is 3.35. The Morgan fingerprint density at radius 3 is 2.89 bits per heavy atom. The van der Waals surface area contributed by atoms with E-state index < -0.39 is 0 Å². The van der Waals surface area contributed by atoms with Gasteiger partial charge in [-0.3, -0.25) is 9.88 Å². The van der Waals surface area contributed by atoms with Gasteiger partial charge in [0, 0.05) is 17.9 Å². The first kappa shape index (κ1) is 13.5. The number of hydrogen-bond donors (Lipinski definition) is 1. The van der Waals surface area contributed by atoms with Crippen molar-refractivity contribution >= 4 is 0 Å². The van der Waals surface area contributed by atoms with Crippen LogP contribution in [-0.2, 0) is 0 Å². The largest absolute Gasteiger partial charge is 0.319 e. The van der Waals surface area contributed by atoms with Gasteiger partial charge < -0.3 is 5.32 Å². The van der Waals surface area contributed by atoms with Crippen LogP contribution in [0.4, 0.5) is 0 Å². The first-order valence-electron chi connectivity index (χ1n) is 7.07. The quantitative estimate of drug-likeness (QED) is 0.885. The zero-order chi connectivity index (χ0) is 13.0. The molecule has 0 aromatic carbocycles. The highest BCUT2D eigenvalue weighted by molar-refractivity contribution is 5.19. The van der Waals surface area contributed by atoms with Crippen LogP contribution in [0, 0.1) is 12.8 Å². The summed E-state index contributed by atoms with van der Waals surface area (Å²) >= 11 is 0. The molecule has 2 heterocycles. The minimum Gasteiger partial charge on any atom is -0.319 e. The molecule has 100 valence electrons. The van der Waals surface area contributed by atoms with Gasteiger partial charge in [-0.15, -0.1) is 0 Å². The van der Waals surface area contributed by atoms with Crippen LogP contribution in [0.2, 0.25) is 0 Å². The maximum absolute atomic E-state index is 4.47. The van der Waals surface area contributed by atoms with Gasteiger partial charge in [-0.1, -0.05) is 13.0 Å². The number of hydrogen-bond acceptors (Lipinski definition) is 3. The predicted molar refractivity (Wildman–Crippen MR) is 75.6 cm³/mol. The lowest BCUT2D eigenvalue weighted by Crippen LogP contribution is -2.42. The summed E-state index contributed by atoms with van der Waals surface area (Å²) in [7, 11) is 2.05. The fourth-order valence-electron chi connectivity index (χ4n) is 3.12. The van der Waals surface area contributed by atoms with Crippen LogP contribution in [0.1, 0.15) is 37.1 Å². The van der Waals surface area contributed by atoms with Crippen molar-refractivity contribution in [3.05, 3.63) is 29.6 Å². The predicted octanol–water partition coefficient (Wildman–Crippen LogP) is 2.38. The standard InChI is InChI=1S/C15H25N3/c1-4-18-9-5-6-13(10-16-3)15(18)14-8-7-12(2)17-11-14/h7-8,11,13,15-16H,4-6,9-10H2,1-3H3. The van der Waals surface area contributed by atoms with Gasteiger partial charge in [0.25, 0.3) is 0 Å². The molecule has 1 fully saturated rings. The number of aryl methyl sites for hydroxylation is 1. The highest BCUT2D eigenvalue weighted by Crippen LogP contribution is 2.35. The van der Waals surface area contributed by atoms with Crippen molar-refractivity contribution in [2.24, 2.45) is 5.92 Å². The zero-order valence-electron chi connectivity index (χ0n) is 11.8. The summed E-state index contributed by atoms with van der Waals surface area (Å²) in [5.41, 5.74) is 2.48. The number of piperidine rings is 1. The number of rotatable bonds is 4.